The van der Waals surface area contributed by atoms with Crippen LogP contribution in [0.25, 0.3) is 0 Å². The summed E-state index contributed by atoms with van der Waals surface area (Å²) in [5, 5.41) is 2.92. The largest absolute Gasteiger partial charge is 0.493 e. The maximum Gasteiger partial charge on any atom is 0.227 e. The van der Waals surface area contributed by atoms with Gasteiger partial charge in [-0.1, -0.05) is 24.3 Å². The zero-order chi connectivity index (χ0) is 19.4. The number of aryl methyl sites for hydroxylation is 1. The van der Waals surface area contributed by atoms with Crippen molar-refractivity contribution in [3.05, 3.63) is 53.6 Å². The Labute approximate surface area is 159 Å². The van der Waals surface area contributed by atoms with Crippen LogP contribution in [0.4, 0.5) is 5.69 Å². The molecule has 6 heteroatoms. The van der Waals surface area contributed by atoms with Gasteiger partial charge in [-0.15, -0.1) is 0 Å². The van der Waals surface area contributed by atoms with Crippen LogP contribution in [0.5, 0.6) is 11.5 Å². The van der Waals surface area contributed by atoms with E-state index in [1.54, 1.807) is 25.2 Å². The number of benzene rings is 2. The van der Waals surface area contributed by atoms with Gasteiger partial charge < -0.3 is 19.7 Å². The molecule has 1 fully saturated rings. The van der Waals surface area contributed by atoms with Gasteiger partial charge in [-0.05, 0) is 36.2 Å². The van der Waals surface area contributed by atoms with Gasteiger partial charge in [0.15, 0.2) is 11.5 Å². The summed E-state index contributed by atoms with van der Waals surface area (Å²) in [7, 11) is 3.15. The fourth-order valence-electron chi connectivity index (χ4n) is 3.31. The number of ether oxygens (including phenoxy) is 2. The van der Waals surface area contributed by atoms with E-state index < -0.39 is 0 Å². The number of anilines is 1. The molecule has 1 heterocycles. The van der Waals surface area contributed by atoms with Gasteiger partial charge in [0.05, 0.1) is 20.1 Å². The maximum atomic E-state index is 12.6. The average molecular weight is 368 g/mol. The molecule has 2 aromatic rings. The lowest BCUT2D eigenvalue weighted by Crippen LogP contribution is -2.32. The minimum Gasteiger partial charge on any atom is -0.493 e. The molecule has 1 atom stereocenters. The third-order valence-corrected chi connectivity index (χ3v) is 4.82. The molecular weight excluding hydrogens is 344 g/mol. The molecule has 2 aromatic carbocycles. The first-order chi connectivity index (χ1) is 13.0. The summed E-state index contributed by atoms with van der Waals surface area (Å²) < 4.78 is 10.5. The Hall–Kier alpha value is -3.02. The first-order valence-electron chi connectivity index (χ1n) is 8.88. The maximum absolute atomic E-state index is 12.6. The van der Waals surface area contributed by atoms with E-state index in [1.165, 1.54) is 0 Å². The molecule has 1 saturated heterocycles. The highest BCUT2D eigenvalue weighted by Gasteiger charge is 2.35. The summed E-state index contributed by atoms with van der Waals surface area (Å²) in [6.45, 7) is 2.74. The summed E-state index contributed by atoms with van der Waals surface area (Å²) >= 11 is 0. The van der Waals surface area contributed by atoms with Crippen LogP contribution < -0.4 is 19.7 Å². The molecule has 0 spiro atoms. The Morgan fingerprint density at radius 1 is 1.15 bits per heavy atom. The lowest BCUT2D eigenvalue weighted by Gasteiger charge is -2.19. The molecule has 142 valence electrons. The van der Waals surface area contributed by atoms with E-state index >= 15 is 0 Å². The lowest BCUT2D eigenvalue weighted by atomic mass is 10.1. The van der Waals surface area contributed by atoms with Gasteiger partial charge in [0.1, 0.15) is 0 Å². The van der Waals surface area contributed by atoms with Crippen LogP contribution in [0, 0.1) is 12.8 Å². The summed E-state index contributed by atoms with van der Waals surface area (Å²) in [5.41, 5.74) is 2.80. The van der Waals surface area contributed by atoms with E-state index in [1.807, 2.05) is 43.3 Å². The predicted molar refractivity (Wildman–Crippen MR) is 103 cm³/mol. The van der Waals surface area contributed by atoms with Crippen LogP contribution in [0.1, 0.15) is 17.5 Å². The van der Waals surface area contributed by atoms with E-state index in [9.17, 15) is 9.59 Å². The summed E-state index contributed by atoms with van der Waals surface area (Å²) in [5.74, 6) is 0.774. The van der Waals surface area contributed by atoms with Crippen molar-refractivity contribution in [3.63, 3.8) is 0 Å². The molecule has 0 aliphatic carbocycles. The predicted octanol–water partition coefficient (Wildman–Crippen LogP) is 2.68. The Morgan fingerprint density at radius 3 is 2.59 bits per heavy atom. The molecule has 1 aliphatic heterocycles. The molecule has 0 bridgehead atoms. The average Bonchev–Trinajstić information content (AvgIpc) is 3.07. The molecule has 2 amide bonds. The molecular formula is C21H24N2O4. The number of carbonyl (C=O) groups excluding carboxylic acids is 2. The fourth-order valence-corrected chi connectivity index (χ4v) is 3.31. The van der Waals surface area contributed by atoms with Gasteiger partial charge in [-0.3, -0.25) is 9.59 Å². The minimum absolute atomic E-state index is 0.0180. The minimum atomic E-state index is -0.350. The fraction of sp³-hybridized carbons (Fsp3) is 0.333. The van der Waals surface area contributed by atoms with Crippen molar-refractivity contribution in [3.8, 4) is 11.5 Å². The third-order valence-electron chi connectivity index (χ3n) is 4.82. The number of hydrogen-bond donors (Lipinski definition) is 1. The van der Waals surface area contributed by atoms with Crippen molar-refractivity contribution in [2.45, 2.75) is 19.9 Å². The number of nitrogens with one attached hydrogen (secondary N) is 1. The molecule has 3 rings (SSSR count). The molecule has 1 N–H and O–H groups in total. The summed E-state index contributed by atoms with van der Waals surface area (Å²) in [4.78, 5) is 26.6. The molecule has 0 saturated carbocycles. The van der Waals surface area contributed by atoms with E-state index in [4.69, 9.17) is 9.47 Å². The first-order valence-corrected chi connectivity index (χ1v) is 8.88. The van der Waals surface area contributed by atoms with Crippen molar-refractivity contribution in [1.29, 1.82) is 0 Å². The normalized spacial score (nSPS) is 16.3. The van der Waals surface area contributed by atoms with Gasteiger partial charge in [-0.25, -0.2) is 0 Å². The number of hydrogen-bond acceptors (Lipinski definition) is 4. The molecule has 0 aromatic heterocycles. The Bertz CT molecular complexity index is 850. The molecule has 27 heavy (non-hydrogen) atoms. The van der Waals surface area contributed by atoms with Crippen LogP contribution in [0.2, 0.25) is 0 Å². The van der Waals surface area contributed by atoms with Crippen LogP contribution in [0.3, 0.4) is 0 Å². The molecule has 1 unspecified atom stereocenters. The van der Waals surface area contributed by atoms with Crippen molar-refractivity contribution in [1.82, 2.24) is 5.32 Å². The van der Waals surface area contributed by atoms with Gasteiger partial charge >= 0.3 is 0 Å². The highest BCUT2D eigenvalue weighted by molar-refractivity contribution is 6.00. The van der Waals surface area contributed by atoms with Crippen LogP contribution in [0.15, 0.2) is 42.5 Å². The first kappa shape index (κ1) is 18.8. The number of methoxy groups -OCH3 is 2. The van der Waals surface area contributed by atoms with Crippen molar-refractivity contribution >= 4 is 17.5 Å². The van der Waals surface area contributed by atoms with Gasteiger partial charge in [0.2, 0.25) is 11.8 Å². The molecule has 0 radical (unpaired) electrons. The smallest absolute Gasteiger partial charge is 0.227 e. The monoisotopic (exact) mass is 368 g/mol. The second kappa shape index (κ2) is 8.12. The van der Waals surface area contributed by atoms with E-state index in [2.05, 4.69) is 5.32 Å². The molecule has 1 aliphatic rings. The van der Waals surface area contributed by atoms with Crippen LogP contribution >= 0.6 is 0 Å². The standard InChI is InChI=1S/C21H24N2O4/c1-14-6-4-5-7-17(14)23-13-16(11-20(23)24)21(25)22-12-15-8-9-18(26-2)19(10-15)27-3/h4-10,16H,11-13H2,1-3H3,(H,22,25). The number of amides is 2. The highest BCUT2D eigenvalue weighted by atomic mass is 16.5. The Balaban J connectivity index is 1.62. The summed E-state index contributed by atoms with van der Waals surface area (Å²) in [6, 6.07) is 13.2. The lowest BCUT2D eigenvalue weighted by molar-refractivity contribution is -0.126. The second-order valence-corrected chi connectivity index (χ2v) is 6.60. The van der Waals surface area contributed by atoms with Gasteiger partial charge in [0, 0.05) is 25.2 Å². The van der Waals surface area contributed by atoms with Crippen molar-refractivity contribution in [2.75, 3.05) is 25.7 Å². The third kappa shape index (κ3) is 4.05. The van der Waals surface area contributed by atoms with Crippen LogP contribution in [-0.4, -0.2) is 32.6 Å². The number of rotatable bonds is 6. The number of para-hydroxylation sites is 1. The summed E-state index contributed by atoms with van der Waals surface area (Å²) in [6.07, 6.45) is 0.228. The molecule has 6 nitrogen and oxygen atoms in total. The zero-order valence-electron chi connectivity index (χ0n) is 15.8. The quantitative estimate of drug-likeness (QED) is 0.851. The topological polar surface area (TPSA) is 67.9 Å². The van der Waals surface area contributed by atoms with Gasteiger partial charge in [0.25, 0.3) is 0 Å². The van der Waals surface area contributed by atoms with Crippen molar-refractivity contribution in [2.24, 2.45) is 5.92 Å². The Morgan fingerprint density at radius 2 is 1.89 bits per heavy atom. The Kier molecular flexibility index (Phi) is 5.64. The van der Waals surface area contributed by atoms with Crippen LogP contribution in [-0.2, 0) is 16.1 Å². The SMILES string of the molecule is COc1ccc(CNC(=O)C2CC(=O)N(c3ccccc3C)C2)cc1OC. The van der Waals surface area contributed by atoms with Crippen molar-refractivity contribution < 1.29 is 19.1 Å². The van der Waals surface area contributed by atoms with E-state index in [0.29, 0.717) is 24.6 Å². The van der Waals surface area contributed by atoms with Gasteiger partial charge in [-0.2, -0.15) is 0 Å². The number of carbonyl (C=O) groups is 2. The zero-order valence-corrected chi connectivity index (χ0v) is 15.8. The second-order valence-electron chi connectivity index (χ2n) is 6.60. The van der Waals surface area contributed by atoms with E-state index in [-0.39, 0.29) is 24.2 Å². The number of nitrogens with zero attached hydrogens (tertiary/aromatic N) is 1. The van der Waals surface area contributed by atoms with E-state index in [0.717, 1.165) is 16.8 Å². The highest BCUT2D eigenvalue weighted by Crippen LogP contribution is 2.29.